The normalized spacial score (nSPS) is 17.9. The quantitative estimate of drug-likeness (QED) is 0.813. The van der Waals surface area contributed by atoms with Crippen molar-refractivity contribution in [2.75, 3.05) is 12.3 Å². The van der Waals surface area contributed by atoms with Gasteiger partial charge in [0.25, 0.3) is 0 Å². The van der Waals surface area contributed by atoms with Crippen LogP contribution in [-0.4, -0.2) is 32.8 Å². The summed E-state index contributed by atoms with van der Waals surface area (Å²) in [5, 5.41) is 10.6. The van der Waals surface area contributed by atoms with Gasteiger partial charge in [0.15, 0.2) is 6.61 Å². The topological polar surface area (TPSA) is 84.5 Å². The third-order valence-electron chi connectivity index (χ3n) is 4.46. The lowest BCUT2D eigenvalue weighted by Crippen LogP contribution is -2.26. The highest BCUT2D eigenvalue weighted by Crippen LogP contribution is 2.40. The first-order valence-electron chi connectivity index (χ1n) is 8.00. The highest BCUT2D eigenvalue weighted by atomic mass is 35.5. The second-order valence-corrected chi connectivity index (χ2v) is 6.28. The number of fused-ring (bicyclic) bond motifs is 1. The Bertz CT molecular complexity index is 819. The number of aryl methyl sites for hydroxylation is 1. The maximum Gasteiger partial charge on any atom is 0.422 e. The average molecular weight is 405 g/mol. The van der Waals surface area contributed by atoms with Crippen molar-refractivity contribution in [1.82, 2.24) is 14.9 Å². The standard InChI is InChI=1S/C17H19F3N4O2.ClH/c1-9-5-11(6-23-15(9)26-8-17(18,19)20)10(2)24-7-13-12(16(24)25)3-4-22-14(13)21;/h3-6,10,16,25H,7-8H2,1-2H3,(H2,21,22);1H. The Kier molecular flexibility index (Phi) is 6.18. The van der Waals surface area contributed by atoms with Crippen molar-refractivity contribution < 1.29 is 23.0 Å². The molecule has 27 heavy (non-hydrogen) atoms. The molecular weight excluding hydrogens is 385 g/mol. The summed E-state index contributed by atoms with van der Waals surface area (Å²) < 4.78 is 41.6. The first-order chi connectivity index (χ1) is 12.2. The van der Waals surface area contributed by atoms with E-state index in [2.05, 4.69) is 9.97 Å². The molecule has 1 aliphatic rings. The van der Waals surface area contributed by atoms with Crippen LogP contribution in [0.3, 0.4) is 0 Å². The number of anilines is 1. The second kappa shape index (κ2) is 7.87. The molecule has 2 aromatic rings. The number of nitrogens with two attached hydrogens (primary N) is 1. The molecule has 0 radical (unpaired) electrons. The molecule has 0 saturated carbocycles. The van der Waals surface area contributed by atoms with Gasteiger partial charge in [0, 0.05) is 41.7 Å². The van der Waals surface area contributed by atoms with Gasteiger partial charge in [0.05, 0.1) is 0 Å². The number of nitrogens with zero attached hydrogens (tertiary/aromatic N) is 3. The van der Waals surface area contributed by atoms with Crippen molar-refractivity contribution in [3.05, 3.63) is 46.8 Å². The summed E-state index contributed by atoms with van der Waals surface area (Å²) in [7, 11) is 0. The van der Waals surface area contributed by atoms with E-state index in [4.69, 9.17) is 10.5 Å². The molecule has 0 aliphatic carbocycles. The van der Waals surface area contributed by atoms with E-state index >= 15 is 0 Å². The molecule has 2 unspecified atom stereocenters. The molecule has 3 N–H and O–H groups in total. The Hall–Kier alpha value is -2.10. The van der Waals surface area contributed by atoms with Crippen molar-refractivity contribution in [3.63, 3.8) is 0 Å². The molecule has 1 aliphatic heterocycles. The number of nitrogen functional groups attached to an aromatic ring is 1. The molecule has 0 amide bonds. The predicted octanol–water partition coefficient (Wildman–Crippen LogP) is 3.30. The van der Waals surface area contributed by atoms with Crippen LogP contribution < -0.4 is 10.5 Å². The molecule has 10 heteroatoms. The first kappa shape index (κ1) is 21.2. The highest BCUT2D eigenvalue weighted by Gasteiger charge is 2.34. The maximum absolute atomic E-state index is 12.3. The predicted molar refractivity (Wildman–Crippen MR) is 95.3 cm³/mol. The van der Waals surface area contributed by atoms with E-state index in [1.54, 1.807) is 25.3 Å². The third-order valence-corrected chi connectivity index (χ3v) is 4.46. The van der Waals surface area contributed by atoms with Crippen LogP contribution >= 0.6 is 12.4 Å². The second-order valence-electron chi connectivity index (χ2n) is 6.28. The van der Waals surface area contributed by atoms with Gasteiger partial charge in [-0.25, -0.2) is 9.97 Å². The van der Waals surface area contributed by atoms with Crippen LogP contribution in [0.2, 0.25) is 0 Å². The average Bonchev–Trinajstić information content (AvgIpc) is 2.91. The summed E-state index contributed by atoms with van der Waals surface area (Å²) in [5.41, 5.74) is 8.61. The molecule has 2 atom stereocenters. The van der Waals surface area contributed by atoms with Crippen LogP contribution in [0.1, 0.15) is 41.4 Å². The molecule has 6 nitrogen and oxygen atoms in total. The minimum atomic E-state index is -4.42. The van der Waals surface area contributed by atoms with Crippen LogP contribution in [0.4, 0.5) is 19.0 Å². The number of hydrogen-bond acceptors (Lipinski definition) is 6. The molecule has 148 valence electrons. The lowest BCUT2D eigenvalue weighted by Gasteiger charge is -2.28. The number of ether oxygens (including phenoxy) is 1. The fourth-order valence-electron chi connectivity index (χ4n) is 3.04. The van der Waals surface area contributed by atoms with Crippen molar-refractivity contribution in [3.8, 4) is 5.88 Å². The van der Waals surface area contributed by atoms with Crippen LogP contribution in [0.5, 0.6) is 5.88 Å². The summed E-state index contributed by atoms with van der Waals surface area (Å²) in [4.78, 5) is 9.85. The van der Waals surface area contributed by atoms with Gasteiger partial charge < -0.3 is 15.6 Å². The number of halogens is 4. The minimum Gasteiger partial charge on any atom is -0.468 e. The van der Waals surface area contributed by atoms with E-state index in [-0.39, 0.29) is 24.3 Å². The minimum absolute atomic E-state index is 0. The Morgan fingerprint density at radius 2 is 2.11 bits per heavy atom. The number of aliphatic hydroxyl groups excluding tert-OH is 1. The van der Waals surface area contributed by atoms with Crippen LogP contribution in [0.25, 0.3) is 0 Å². The van der Waals surface area contributed by atoms with Gasteiger partial charge in [-0.05, 0) is 31.5 Å². The molecule has 0 fully saturated rings. The van der Waals surface area contributed by atoms with Crippen molar-refractivity contribution in [1.29, 1.82) is 0 Å². The van der Waals surface area contributed by atoms with Gasteiger partial charge in [-0.3, -0.25) is 4.90 Å². The molecule has 0 spiro atoms. The number of pyridine rings is 2. The molecule has 3 heterocycles. The van der Waals surface area contributed by atoms with E-state index in [0.29, 0.717) is 23.5 Å². The van der Waals surface area contributed by atoms with Crippen molar-refractivity contribution in [2.24, 2.45) is 0 Å². The van der Waals surface area contributed by atoms with Crippen LogP contribution in [0, 0.1) is 6.92 Å². The molecule has 2 aromatic heterocycles. The Balaban J connectivity index is 0.00000261. The molecule has 0 saturated heterocycles. The zero-order valence-corrected chi connectivity index (χ0v) is 15.5. The van der Waals surface area contributed by atoms with E-state index < -0.39 is 19.0 Å². The smallest absolute Gasteiger partial charge is 0.422 e. The molecule has 0 bridgehead atoms. The van der Waals surface area contributed by atoms with Gasteiger partial charge in [0.1, 0.15) is 12.0 Å². The van der Waals surface area contributed by atoms with E-state index in [1.807, 2.05) is 11.8 Å². The Labute approximate surface area is 160 Å². The molecule has 0 aromatic carbocycles. The van der Waals surface area contributed by atoms with Gasteiger partial charge in [0.2, 0.25) is 5.88 Å². The zero-order valence-electron chi connectivity index (χ0n) is 14.7. The number of aliphatic hydroxyl groups is 1. The summed E-state index contributed by atoms with van der Waals surface area (Å²) in [6.45, 7) is 2.54. The van der Waals surface area contributed by atoms with Crippen molar-refractivity contribution >= 4 is 18.2 Å². The van der Waals surface area contributed by atoms with E-state index in [9.17, 15) is 18.3 Å². The fraction of sp³-hybridized carbons (Fsp3) is 0.412. The lowest BCUT2D eigenvalue weighted by atomic mass is 10.1. The van der Waals surface area contributed by atoms with Crippen molar-refractivity contribution in [2.45, 2.75) is 38.8 Å². The van der Waals surface area contributed by atoms with Crippen LogP contribution in [0.15, 0.2) is 24.5 Å². The zero-order chi connectivity index (χ0) is 19.1. The third kappa shape index (κ3) is 4.42. The highest BCUT2D eigenvalue weighted by molar-refractivity contribution is 5.85. The SMILES string of the molecule is Cc1cc(C(C)N2Cc3c(ccnc3N)C2O)cnc1OCC(F)(F)F.Cl. The fourth-order valence-corrected chi connectivity index (χ4v) is 3.04. The van der Waals surface area contributed by atoms with Gasteiger partial charge in [-0.1, -0.05) is 0 Å². The number of alkyl halides is 3. The van der Waals surface area contributed by atoms with E-state index in [0.717, 1.165) is 11.1 Å². The first-order valence-corrected chi connectivity index (χ1v) is 8.00. The summed E-state index contributed by atoms with van der Waals surface area (Å²) >= 11 is 0. The largest absolute Gasteiger partial charge is 0.468 e. The lowest BCUT2D eigenvalue weighted by molar-refractivity contribution is -0.154. The number of aromatic nitrogens is 2. The maximum atomic E-state index is 12.3. The van der Waals surface area contributed by atoms with Crippen LogP contribution in [-0.2, 0) is 6.54 Å². The van der Waals surface area contributed by atoms with Gasteiger partial charge in [-0.15, -0.1) is 12.4 Å². The number of hydrogen-bond donors (Lipinski definition) is 2. The Morgan fingerprint density at radius 1 is 1.41 bits per heavy atom. The molecular formula is C17H20ClF3N4O2. The summed E-state index contributed by atoms with van der Waals surface area (Å²) in [6.07, 6.45) is -2.25. The van der Waals surface area contributed by atoms with E-state index in [1.165, 1.54) is 6.20 Å². The molecule has 3 rings (SSSR count). The monoisotopic (exact) mass is 404 g/mol. The summed E-state index contributed by atoms with van der Waals surface area (Å²) in [6, 6.07) is 3.20. The Morgan fingerprint density at radius 3 is 2.70 bits per heavy atom. The number of rotatable bonds is 4. The van der Waals surface area contributed by atoms with Gasteiger partial charge >= 0.3 is 6.18 Å². The summed E-state index contributed by atoms with van der Waals surface area (Å²) in [5.74, 6) is 0.318. The van der Waals surface area contributed by atoms with Gasteiger partial charge in [-0.2, -0.15) is 13.2 Å².